The molecule has 0 aromatic carbocycles. The molecule has 0 aliphatic heterocycles. The van der Waals surface area contributed by atoms with Gasteiger partial charge in [-0.25, -0.2) is 0 Å². The van der Waals surface area contributed by atoms with Crippen molar-refractivity contribution in [3.05, 3.63) is 0 Å². The summed E-state index contributed by atoms with van der Waals surface area (Å²) in [5, 5.41) is 13.3. The highest BCUT2D eigenvalue weighted by atomic mass is 16.5. The van der Waals surface area contributed by atoms with Gasteiger partial charge >= 0.3 is 0 Å². The lowest BCUT2D eigenvalue weighted by atomic mass is 10.0. The van der Waals surface area contributed by atoms with Crippen molar-refractivity contribution in [3.63, 3.8) is 0 Å². The van der Waals surface area contributed by atoms with Gasteiger partial charge in [0.05, 0.1) is 18.8 Å². The molecule has 1 rings (SSSR count). The predicted molar refractivity (Wildman–Crippen MR) is 80.3 cm³/mol. The number of aliphatic hydroxyl groups is 1. The van der Waals surface area contributed by atoms with Gasteiger partial charge in [0.15, 0.2) is 0 Å². The Labute approximate surface area is 119 Å². The van der Waals surface area contributed by atoms with Crippen LogP contribution in [0.3, 0.4) is 0 Å². The first-order valence-corrected chi connectivity index (χ1v) is 7.98. The van der Waals surface area contributed by atoms with Gasteiger partial charge in [-0.2, -0.15) is 0 Å². The zero-order chi connectivity index (χ0) is 14.3. The molecule has 114 valence electrons. The maximum absolute atomic E-state index is 9.89. The van der Waals surface area contributed by atoms with Crippen molar-refractivity contribution in [1.82, 2.24) is 5.32 Å². The van der Waals surface area contributed by atoms with Gasteiger partial charge in [-0.15, -0.1) is 0 Å². The van der Waals surface area contributed by atoms with Gasteiger partial charge in [0.1, 0.15) is 0 Å². The lowest BCUT2D eigenvalue weighted by Crippen LogP contribution is -2.35. The van der Waals surface area contributed by atoms with Gasteiger partial charge in [0.25, 0.3) is 0 Å². The molecule has 1 saturated carbocycles. The van der Waals surface area contributed by atoms with E-state index in [9.17, 15) is 5.11 Å². The monoisotopic (exact) mass is 271 g/mol. The van der Waals surface area contributed by atoms with Gasteiger partial charge in [0.2, 0.25) is 0 Å². The lowest BCUT2D eigenvalue weighted by Gasteiger charge is -2.20. The summed E-state index contributed by atoms with van der Waals surface area (Å²) < 4.78 is 5.67. The van der Waals surface area contributed by atoms with E-state index in [1.54, 1.807) is 0 Å². The summed E-state index contributed by atoms with van der Waals surface area (Å²) in [6.07, 6.45) is 6.20. The standard InChI is InChI=1S/C16H33NO2/c1-5-6-16(7-8-16)12-17-10-15(18)11-19-14(4)9-13(2)3/h13-15,17-18H,5-12H2,1-4H3. The molecule has 0 heterocycles. The Hall–Kier alpha value is -0.120. The second-order valence-electron chi connectivity index (χ2n) is 6.81. The fraction of sp³-hybridized carbons (Fsp3) is 1.00. The van der Waals surface area contributed by atoms with Crippen LogP contribution in [0.15, 0.2) is 0 Å². The summed E-state index contributed by atoms with van der Waals surface area (Å²) in [5.41, 5.74) is 0.556. The summed E-state index contributed by atoms with van der Waals surface area (Å²) in [7, 11) is 0. The molecule has 1 aliphatic carbocycles. The first kappa shape index (κ1) is 16.9. The minimum absolute atomic E-state index is 0.240. The highest BCUT2D eigenvalue weighted by Crippen LogP contribution is 2.48. The molecule has 0 radical (unpaired) electrons. The van der Waals surface area contributed by atoms with Crippen LogP contribution in [0, 0.1) is 11.3 Å². The molecule has 3 nitrogen and oxygen atoms in total. The third-order valence-corrected chi connectivity index (χ3v) is 3.99. The molecule has 0 spiro atoms. The van der Waals surface area contributed by atoms with Crippen molar-refractivity contribution < 1.29 is 9.84 Å². The van der Waals surface area contributed by atoms with E-state index in [1.807, 2.05) is 0 Å². The molecule has 2 atom stereocenters. The average Bonchev–Trinajstić information content (AvgIpc) is 3.06. The van der Waals surface area contributed by atoms with Crippen LogP contribution in [0.4, 0.5) is 0 Å². The van der Waals surface area contributed by atoms with E-state index >= 15 is 0 Å². The number of ether oxygens (including phenoxy) is 1. The molecular formula is C16H33NO2. The second-order valence-corrected chi connectivity index (χ2v) is 6.81. The molecule has 1 fully saturated rings. The first-order chi connectivity index (χ1) is 8.97. The number of nitrogens with one attached hydrogen (secondary N) is 1. The molecule has 0 aromatic rings. The SMILES string of the molecule is CCCC1(CNCC(O)COC(C)CC(C)C)CC1. The van der Waals surface area contributed by atoms with Crippen LogP contribution in [0.5, 0.6) is 0 Å². The summed E-state index contributed by atoms with van der Waals surface area (Å²) in [6, 6.07) is 0. The van der Waals surface area contributed by atoms with Crippen LogP contribution in [-0.2, 0) is 4.74 Å². The second kappa shape index (κ2) is 8.23. The minimum atomic E-state index is -0.382. The number of hydrogen-bond donors (Lipinski definition) is 2. The van der Waals surface area contributed by atoms with E-state index in [-0.39, 0.29) is 12.2 Å². The van der Waals surface area contributed by atoms with E-state index in [0.29, 0.717) is 24.5 Å². The van der Waals surface area contributed by atoms with Gasteiger partial charge < -0.3 is 15.2 Å². The average molecular weight is 271 g/mol. The summed E-state index contributed by atoms with van der Waals surface area (Å²) in [4.78, 5) is 0. The Morgan fingerprint density at radius 1 is 1.26 bits per heavy atom. The highest BCUT2D eigenvalue weighted by Gasteiger charge is 2.40. The van der Waals surface area contributed by atoms with Gasteiger partial charge in [0, 0.05) is 13.1 Å². The fourth-order valence-corrected chi connectivity index (χ4v) is 2.79. The lowest BCUT2D eigenvalue weighted by molar-refractivity contribution is -0.00879. The molecule has 0 saturated heterocycles. The first-order valence-electron chi connectivity index (χ1n) is 7.98. The molecule has 2 unspecified atom stereocenters. The van der Waals surface area contributed by atoms with E-state index in [2.05, 4.69) is 33.0 Å². The molecule has 1 aliphatic rings. The fourth-order valence-electron chi connectivity index (χ4n) is 2.79. The Kier molecular flexibility index (Phi) is 7.33. The summed E-state index contributed by atoms with van der Waals surface area (Å²) in [5.74, 6) is 0.647. The highest BCUT2D eigenvalue weighted by molar-refractivity contribution is 4.94. The molecule has 0 amide bonds. The van der Waals surface area contributed by atoms with Crippen LogP contribution >= 0.6 is 0 Å². The smallest absolute Gasteiger partial charge is 0.0897 e. The molecule has 0 aromatic heterocycles. The maximum Gasteiger partial charge on any atom is 0.0897 e. The normalized spacial score (nSPS) is 20.5. The van der Waals surface area contributed by atoms with Crippen LogP contribution in [0.1, 0.15) is 59.8 Å². The number of hydrogen-bond acceptors (Lipinski definition) is 3. The zero-order valence-electron chi connectivity index (χ0n) is 13.2. The number of aliphatic hydroxyl groups excluding tert-OH is 1. The van der Waals surface area contributed by atoms with Gasteiger partial charge in [-0.3, -0.25) is 0 Å². The summed E-state index contributed by atoms with van der Waals surface area (Å²) in [6.45, 7) is 10.9. The Morgan fingerprint density at radius 2 is 1.95 bits per heavy atom. The van der Waals surface area contributed by atoms with Crippen molar-refractivity contribution >= 4 is 0 Å². The topological polar surface area (TPSA) is 41.5 Å². The van der Waals surface area contributed by atoms with Gasteiger partial charge in [-0.05, 0) is 43.9 Å². The van der Waals surface area contributed by atoms with Crippen molar-refractivity contribution in [3.8, 4) is 0 Å². The Bertz CT molecular complexity index is 239. The Balaban J connectivity index is 2.03. The Morgan fingerprint density at radius 3 is 2.47 bits per heavy atom. The van der Waals surface area contributed by atoms with E-state index in [0.717, 1.165) is 13.0 Å². The predicted octanol–water partition coefficient (Wildman–Crippen LogP) is 2.97. The van der Waals surface area contributed by atoms with Crippen LogP contribution < -0.4 is 5.32 Å². The molecular weight excluding hydrogens is 238 g/mol. The van der Waals surface area contributed by atoms with E-state index in [4.69, 9.17) is 4.74 Å². The van der Waals surface area contributed by atoms with Gasteiger partial charge in [-0.1, -0.05) is 27.2 Å². The van der Waals surface area contributed by atoms with Crippen LogP contribution in [0.2, 0.25) is 0 Å². The number of rotatable bonds is 11. The molecule has 19 heavy (non-hydrogen) atoms. The van der Waals surface area contributed by atoms with E-state index in [1.165, 1.54) is 25.7 Å². The molecule has 2 N–H and O–H groups in total. The zero-order valence-corrected chi connectivity index (χ0v) is 13.2. The van der Waals surface area contributed by atoms with Crippen molar-refractivity contribution in [1.29, 1.82) is 0 Å². The van der Waals surface area contributed by atoms with Crippen LogP contribution in [0.25, 0.3) is 0 Å². The van der Waals surface area contributed by atoms with Crippen molar-refractivity contribution in [2.75, 3.05) is 19.7 Å². The third kappa shape index (κ3) is 7.28. The minimum Gasteiger partial charge on any atom is -0.389 e. The van der Waals surface area contributed by atoms with Crippen molar-refractivity contribution in [2.24, 2.45) is 11.3 Å². The maximum atomic E-state index is 9.89. The third-order valence-electron chi connectivity index (χ3n) is 3.99. The molecule has 3 heteroatoms. The largest absolute Gasteiger partial charge is 0.389 e. The molecule has 0 bridgehead atoms. The van der Waals surface area contributed by atoms with Crippen LogP contribution in [-0.4, -0.2) is 37.0 Å². The van der Waals surface area contributed by atoms with E-state index < -0.39 is 0 Å². The quantitative estimate of drug-likeness (QED) is 0.607. The summed E-state index contributed by atoms with van der Waals surface area (Å²) >= 11 is 0. The van der Waals surface area contributed by atoms with Crippen molar-refractivity contribution in [2.45, 2.75) is 72.0 Å².